The van der Waals surface area contributed by atoms with Gasteiger partial charge in [-0.25, -0.2) is 13.2 Å². The van der Waals surface area contributed by atoms with Crippen LogP contribution in [0.1, 0.15) is 26.5 Å². The fourth-order valence-corrected chi connectivity index (χ4v) is 2.23. The molecule has 6 nitrogen and oxygen atoms in total. The van der Waals surface area contributed by atoms with E-state index in [-0.39, 0.29) is 16.9 Å². The van der Waals surface area contributed by atoms with Gasteiger partial charge in [-0.3, -0.25) is 9.59 Å². The average molecular weight is 375 g/mol. The van der Waals surface area contributed by atoms with Gasteiger partial charge in [-0.05, 0) is 37.3 Å². The first-order chi connectivity index (χ1) is 12.8. The van der Waals surface area contributed by atoms with Crippen LogP contribution in [0.25, 0.3) is 0 Å². The molecule has 9 heteroatoms. The van der Waals surface area contributed by atoms with Gasteiger partial charge < -0.3 is 15.2 Å². The van der Waals surface area contributed by atoms with Crippen molar-refractivity contribution >= 4 is 23.3 Å². The van der Waals surface area contributed by atoms with E-state index in [1.165, 1.54) is 30.3 Å². The first-order valence-corrected chi connectivity index (χ1v) is 7.64. The molecule has 27 heavy (non-hydrogen) atoms. The number of aromatic nitrogens is 1. The summed E-state index contributed by atoms with van der Waals surface area (Å²) in [6.07, 6.45) is 0. The second-order valence-corrected chi connectivity index (χ2v) is 5.53. The van der Waals surface area contributed by atoms with Crippen LogP contribution in [0.3, 0.4) is 0 Å². The highest BCUT2D eigenvalue weighted by atomic mass is 19.2. The summed E-state index contributed by atoms with van der Waals surface area (Å²) in [6, 6.07) is 8.64. The Morgan fingerprint density at radius 1 is 0.926 bits per heavy atom. The Morgan fingerprint density at radius 3 is 2.22 bits per heavy atom. The minimum absolute atomic E-state index is 0.0168. The maximum Gasteiger partial charge on any atom is 0.256 e. The van der Waals surface area contributed by atoms with Crippen molar-refractivity contribution in [2.24, 2.45) is 0 Å². The van der Waals surface area contributed by atoms with Gasteiger partial charge in [0.1, 0.15) is 5.76 Å². The lowest BCUT2D eigenvalue weighted by Gasteiger charge is -2.08. The van der Waals surface area contributed by atoms with Crippen molar-refractivity contribution in [1.29, 1.82) is 0 Å². The van der Waals surface area contributed by atoms with Crippen molar-refractivity contribution in [2.45, 2.75) is 6.92 Å². The fraction of sp³-hybridized carbons (Fsp3) is 0.0556. The number of amides is 2. The molecule has 2 aromatic carbocycles. The Kier molecular flexibility index (Phi) is 4.93. The molecular formula is C18H12F3N3O3. The van der Waals surface area contributed by atoms with E-state index >= 15 is 0 Å². The fourth-order valence-electron chi connectivity index (χ4n) is 2.23. The van der Waals surface area contributed by atoms with Gasteiger partial charge in [0.25, 0.3) is 11.8 Å². The molecule has 2 N–H and O–H groups in total. The molecule has 1 heterocycles. The van der Waals surface area contributed by atoms with E-state index in [0.29, 0.717) is 11.8 Å². The molecule has 0 spiro atoms. The van der Waals surface area contributed by atoms with Crippen molar-refractivity contribution in [3.05, 3.63) is 76.8 Å². The van der Waals surface area contributed by atoms with Crippen LogP contribution in [0.2, 0.25) is 0 Å². The molecule has 0 fully saturated rings. The minimum atomic E-state index is -1.69. The number of halogens is 3. The van der Waals surface area contributed by atoms with Crippen LogP contribution in [0, 0.1) is 24.4 Å². The number of carbonyl (C=O) groups excluding carboxylic acids is 2. The van der Waals surface area contributed by atoms with Crippen LogP contribution >= 0.6 is 0 Å². The topological polar surface area (TPSA) is 84.2 Å². The molecular weight excluding hydrogens is 363 g/mol. The normalized spacial score (nSPS) is 10.5. The van der Waals surface area contributed by atoms with Crippen molar-refractivity contribution in [3.63, 3.8) is 0 Å². The molecule has 0 radical (unpaired) electrons. The number of benzene rings is 2. The van der Waals surface area contributed by atoms with E-state index in [0.717, 1.165) is 6.07 Å². The molecule has 0 atom stereocenters. The SMILES string of the molecule is Cc1cc(NC(=O)c2cccc(C(=O)Nc3ccc(F)c(F)c3F)c2)no1. The Hall–Kier alpha value is -3.62. The van der Waals surface area contributed by atoms with Crippen LogP contribution in [-0.4, -0.2) is 17.0 Å². The standard InChI is InChI=1S/C18H12F3N3O3/c1-9-7-14(24-27-9)23-18(26)11-4-2-3-10(8-11)17(25)22-13-6-5-12(19)15(20)16(13)21/h2-8H,1H3,(H,22,25)(H,23,24,26). The van der Waals surface area contributed by atoms with Crippen LogP contribution in [-0.2, 0) is 0 Å². The Balaban J connectivity index is 1.77. The van der Waals surface area contributed by atoms with Crippen LogP contribution in [0.5, 0.6) is 0 Å². The van der Waals surface area contributed by atoms with Crippen LogP contribution in [0.15, 0.2) is 47.0 Å². The van der Waals surface area contributed by atoms with E-state index in [2.05, 4.69) is 15.8 Å². The molecule has 1 aromatic heterocycles. The first-order valence-electron chi connectivity index (χ1n) is 7.64. The third-order valence-corrected chi connectivity index (χ3v) is 3.54. The molecule has 0 aliphatic rings. The lowest BCUT2D eigenvalue weighted by Crippen LogP contribution is -2.16. The lowest BCUT2D eigenvalue weighted by atomic mass is 10.1. The average Bonchev–Trinajstić information content (AvgIpc) is 3.07. The van der Waals surface area contributed by atoms with E-state index in [9.17, 15) is 22.8 Å². The summed E-state index contributed by atoms with van der Waals surface area (Å²) in [5.41, 5.74) is -0.371. The second kappa shape index (κ2) is 7.32. The first kappa shape index (κ1) is 18.2. The molecule has 0 saturated carbocycles. The number of nitrogens with zero attached hydrogens (tertiary/aromatic N) is 1. The van der Waals surface area contributed by atoms with Gasteiger partial charge in [-0.15, -0.1) is 0 Å². The highest BCUT2D eigenvalue weighted by Gasteiger charge is 2.17. The van der Waals surface area contributed by atoms with Crippen molar-refractivity contribution < 1.29 is 27.3 Å². The summed E-state index contributed by atoms with van der Waals surface area (Å²) in [7, 11) is 0. The van der Waals surface area contributed by atoms with Gasteiger partial charge in [0.05, 0.1) is 5.69 Å². The Bertz CT molecular complexity index is 1030. The summed E-state index contributed by atoms with van der Waals surface area (Å²) in [5, 5.41) is 8.25. The van der Waals surface area contributed by atoms with Crippen molar-refractivity contribution in [2.75, 3.05) is 10.6 Å². The summed E-state index contributed by atoms with van der Waals surface area (Å²) in [6.45, 7) is 1.66. The quantitative estimate of drug-likeness (QED) is 0.678. The van der Waals surface area contributed by atoms with Gasteiger partial charge in [0.2, 0.25) is 0 Å². The van der Waals surface area contributed by atoms with Gasteiger partial charge in [0, 0.05) is 17.2 Å². The van der Waals surface area contributed by atoms with Gasteiger partial charge in [-0.2, -0.15) is 0 Å². The monoisotopic (exact) mass is 375 g/mol. The number of carbonyl (C=O) groups is 2. The van der Waals surface area contributed by atoms with E-state index in [1.54, 1.807) is 6.92 Å². The summed E-state index contributed by atoms with van der Waals surface area (Å²) >= 11 is 0. The van der Waals surface area contributed by atoms with E-state index < -0.39 is 35.0 Å². The number of hydrogen-bond acceptors (Lipinski definition) is 4. The van der Waals surface area contributed by atoms with Crippen LogP contribution < -0.4 is 10.6 Å². The van der Waals surface area contributed by atoms with Crippen molar-refractivity contribution in [1.82, 2.24) is 5.16 Å². The lowest BCUT2D eigenvalue weighted by molar-refractivity contribution is 0.102. The van der Waals surface area contributed by atoms with E-state index in [4.69, 9.17) is 4.52 Å². The van der Waals surface area contributed by atoms with Gasteiger partial charge >= 0.3 is 0 Å². The molecule has 2 amide bonds. The highest BCUT2D eigenvalue weighted by Crippen LogP contribution is 2.20. The maximum absolute atomic E-state index is 13.7. The predicted molar refractivity (Wildman–Crippen MR) is 89.9 cm³/mol. The molecule has 3 rings (SSSR count). The highest BCUT2D eigenvalue weighted by molar-refractivity contribution is 6.08. The zero-order valence-corrected chi connectivity index (χ0v) is 13.8. The van der Waals surface area contributed by atoms with E-state index in [1.807, 2.05) is 0 Å². The summed E-state index contributed by atoms with van der Waals surface area (Å²) in [4.78, 5) is 24.5. The zero-order chi connectivity index (χ0) is 19.6. The molecule has 0 unspecified atom stereocenters. The molecule has 138 valence electrons. The molecule has 0 bridgehead atoms. The predicted octanol–water partition coefficient (Wildman–Crippen LogP) is 3.90. The Labute approximate surface area is 151 Å². The number of anilines is 2. The van der Waals surface area contributed by atoms with Gasteiger partial charge in [0.15, 0.2) is 23.3 Å². The second-order valence-electron chi connectivity index (χ2n) is 5.53. The number of aryl methyl sites for hydroxylation is 1. The van der Waals surface area contributed by atoms with Crippen LogP contribution in [0.4, 0.5) is 24.7 Å². The molecule has 3 aromatic rings. The number of nitrogens with one attached hydrogen (secondary N) is 2. The smallest absolute Gasteiger partial charge is 0.256 e. The molecule has 0 saturated heterocycles. The summed E-state index contributed by atoms with van der Waals surface area (Å²) < 4.78 is 44.7. The number of hydrogen-bond donors (Lipinski definition) is 2. The van der Waals surface area contributed by atoms with Crippen molar-refractivity contribution in [3.8, 4) is 0 Å². The van der Waals surface area contributed by atoms with Gasteiger partial charge in [-0.1, -0.05) is 11.2 Å². The minimum Gasteiger partial charge on any atom is -0.360 e. The zero-order valence-electron chi connectivity index (χ0n) is 13.8. The molecule has 0 aliphatic carbocycles. The third kappa shape index (κ3) is 3.97. The third-order valence-electron chi connectivity index (χ3n) is 3.54. The summed E-state index contributed by atoms with van der Waals surface area (Å²) in [5.74, 6) is -5.21. The maximum atomic E-state index is 13.7. The largest absolute Gasteiger partial charge is 0.360 e. The number of rotatable bonds is 4. The molecule has 0 aliphatic heterocycles. The Morgan fingerprint density at radius 2 is 1.59 bits per heavy atom.